The number of phenols is 1. The van der Waals surface area contributed by atoms with Gasteiger partial charge in [-0.05, 0) is 62.1 Å². The number of ether oxygens (including phenoxy) is 1. The number of nitrogens with zero attached hydrogens (tertiary/aromatic N) is 2. The van der Waals surface area contributed by atoms with Gasteiger partial charge in [0.15, 0.2) is 0 Å². The highest BCUT2D eigenvalue weighted by atomic mass is 16.6. The van der Waals surface area contributed by atoms with Crippen LogP contribution in [0.25, 0.3) is 0 Å². The van der Waals surface area contributed by atoms with Crippen molar-refractivity contribution in [2.24, 2.45) is 21.7 Å². The molecule has 42 heavy (non-hydrogen) atoms. The van der Waals surface area contributed by atoms with Gasteiger partial charge in [0.05, 0.1) is 18.3 Å². The number of aliphatic carboxylic acids is 1. The van der Waals surface area contributed by atoms with Crippen LogP contribution in [0.1, 0.15) is 25.0 Å². The Bertz CT molecular complexity index is 1340. The first kappa shape index (κ1) is 33.4. The predicted molar refractivity (Wildman–Crippen MR) is 154 cm³/mol. The predicted octanol–water partition coefficient (Wildman–Crippen LogP) is 1.39. The van der Waals surface area contributed by atoms with Gasteiger partial charge in [0.2, 0.25) is 5.91 Å². The number of nitrogens with two attached hydrogens (primary N) is 2. The van der Waals surface area contributed by atoms with Crippen molar-refractivity contribution in [1.82, 2.24) is 10.6 Å². The Balaban J connectivity index is 2.01. The number of aromatic hydroxyl groups is 1. The number of carbonyl (C=O) groups is 4. The summed E-state index contributed by atoms with van der Waals surface area (Å²) in [6.45, 7) is 3.29. The van der Waals surface area contributed by atoms with Gasteiger partial charge < -0.3 is 42.5 Å². The molecule has 0 aliphatic carbocycles. The fourth-order valence-electron chi connectivity index (χ4n) is 3.49. The van der Waals surface area contributed by atoms with Crippen LogP contribution in [-0.2, 0) is 36.8 Å². The monoisotopic (exact) mass is 581 g/mol. The molecule has 1 unspecified atom stereocenters. The number of nitrogens with one attached hydrogen (secondary N) is 3. The van der Waals surface area contributed by atoms with E-state index in [1.807, 2.05) is 0 Å². The average molecular weight is 582 g/mol. The Morgan fingerprint density at radius 3 is 2.26 bits per heavy atom. The molecular weight excluding hydrogens is 546 g/mol. The molecule has 0 radical (unpaired) electrons. The molecule has 9 N–H and O–H groups in total. The Labute approximate surface area is 242 Å². The summed E-state index contributed by atoms with van der Waals surface area (Å²) in [5, 5.41) is 39.2. The summed E-state index contributed by atoms with van der Waals surface area (Å²) in [5.41, 5.74) is 14.2. The zero-order chi connectivity index (χ0) is 31.2. The van der Waals surface area contributed by atoms with Gasteiger partial charge in [-0.25, -0.2) is 4.79 Å². The third-order valence-corrected chi connectivity index (χ3v) is 5.60. The fourth-order valence-corrected chi connectivity index (χ4v) is 3.49. The van der Waals surface area contributed by atoms with Crippen molar-refractivity contribution in [3.8, 4) is 5.75 Å². The summed E-state index contributed by atoms with van der Waals surface area (Å²) in [6.07, 6.45) is 2.67. The minimum absolute atomic E-state index is 0.0544. The normalized spacial score (nSPS) is 13.0. The molecule has 0 heterocycles. The highest BCUT2D eigenvalue weighted by molar-refractivity contribution is 5.94. The van der Waals surface area contributed by atoms with Gasteiger partial charge in [0.25, 0.3) is 0 Å². The minimum atomic E-state index is -1.22. The van der Waals surface area contributed by atoms with E-state index >= 15 is 0 Å². The van der Waals surface area contributed by atoms with E-state index in [0.29, 0.717) is 22.4 Å². The molecule has 2 aromatic carbocycles. The van der Waals surface area contributed by atoms with E-state index in [0.717, 1.165) is 6.21 Å². The van der Waals surface area contributed by atoms with E-state index in [1.54, 1.807) is 44.2 Å². The van der Waals surface area contributed by atoms with Crippen LogP contribution in [0.15, 0.2) is 64.3 Å². The SMILES string of the molecule is CC(C)=C[C@H](NC(=O)[C@@H](N)Cc1ccc(N=Nc2cc(CC(N)C(=O)O)ccc2O)cc1)C(=O)OC(=O)CNCC=N. The molecule has 2 aromatic rings. The van der Waals surface area contributed by atoms with Crippen LogP contribution in [-0.4, -0.2) is 71.5 Å². The molecule has 0 aromatic heterocycles. The number of phenolic OH excluding ortho intramolecular Hbond substituents is 1. The van der Waals surface area contributed by atoms with Gasteiger partial charge in [0, 0.05) is 12.8 Å². The Kier molecular flexibility index (Phi) is 13.1. The molecule has 3 atom stereocenters. The molecule has 14 heteroatoms. The van der Waals surface area contributed by atoms with E-state index in [9.17, 15) is 24.3 Å². The molecular formula is C28H35N7O7. The molecule has 0 aliphatic rings. The number of carboxylic acid groups (broad SMARTS) is 1. The van der Waals surface area contributed by atoms with Gasteiger partial charge in [-0.2, -0.15) is 5.11 Å². The highest BCUT2D eigenvalue weighted by Crippen LogP contribution is 2.29. The number of amides is 1. The molecule has 14 nitrogen and oxygen atoms in total. The van der Waals surface area contributed by atoms with Gasteiger partial charge >= 0.3 is 17.9 Å². The summed E-state index contributed by atoms with van der Waals surface area (Å²) < 4.78 is 4.79. The topological polar surface area (TPSA) is 243 Å². The van der Waals surface area contributed by atoms with Crippen molar-refractivity contribution in [3.63, 3.8) is 0 Å². The van der Waals surface area contributed by atoms with Gasteiger partial charge in [-0.15, -0.1) is 5.11 Å². The number of hydrogen-bond donors (Lipinski definition) is 7. The molecule has 0 bridgehead atoms. The second-order valence-electron chi connectivity index (χ2n) is 9.51. The number of esters is 2. The summed E-state index contributed by atoms with van der Waals surface area (Å²) in [6, 6.07) is 7.72. The largest absolute Gasteiger partial charge is 0.506 e. The van der Waals surface area contributed by atoms with E-state index in [2.05, 4.69) is 20.9 Å². The lowest BCUT2D eigenvalue weighted by atomic mass is 10.0. The third-order valence-electron chi connectivity index (χ3n) is 5.60. The average Bonchev–Trinajstić information content (AvgIpc) is 2.93. The van der Waals surface area contributed by atoms with Crippen molar-refractivity contribution in [3.05, 3.63) is 65.2 Å². The number of allylic oxidation sites excluding steroid dienone is 1. The number of carbonyl (C=O) groups excluding carboxylic acids is 3. The first-order chi connectivity index (χ1) is 19.9. The zero-order valence-electron chi connectivity index (χ0n) is 23.2. The van der Waals surface area contributed by atoms with Crippen LogP contribution in [0, 0.1) is 5.41 Å². The summed E-state index contributed by atoms with van der Waals surface area (Å²) in [4.78, 5) is 48.0. The van der Waals surface area contributed by atoms with Gasteiger partial charge in [-0.1, -0.05) is 29.8 Å². The molecule has 1 amide bonds. The smallest absolute Gasteiger partial charge is 0.340 e. The van der Waals surface area contributed by atoms with Crippen LogP contribution in [0.5, 0.6) is 5.75 Å². The van der Waals surface area contributed by atoms with Gasteiger partial charge in [0.1, 0.15) is 23.5 Å². The zero-order valence-corrected chi connectivity index (χ0v) is 23.2. The molecule has 0 fully saturated rings. The van der Waals surface area contributed by atoms with Crippen LogP contribution in [0.3, 0.4) is 0 Å². The van der Waals surface area contributed by atoms with E-state index < -0.39 is 41.9 Å². The van der Waals surface area contributed by atoms with E-state index in [1.165, 1.54) is 18.2 Å². The molecule has 0 spiro atoms. The minimum Gasteiger partial charge on any atom is -0.506 e. The lowest BCUT2D eigenvalue weighted by Crippen LogP contribution is -2.49. The lowest BCUT2D eigenvalue weighted by molar-refractivity contribution is -0.160. The third kappa shape index (κ3) is 11.4. The van der Waals surface area contributed by atoms with Gasteiger partial charge in [-0.3, -0.25) is 14.4 Å². The summed E-state index contributed by atoms with van der Waals surface area (Å²) in [7, 11) is 0. The number of carboxylic acids is 1. The van der Waals surface area contributed by atoms with Crippen molar-refractivity contribution in [1.29, 1.82) is 5.41 Å². The summed E-state index contributed by atoms with van der Waals surface area (Å²) >= 11 is 0. The molecule has 0 aliphatic heterocycles. The Hall–Kier alpha value is -4.79. The number of benzene rings is 2. The Morgan fingerprint density at radius 1 is 1.00 bits per heavy atom. The van der Waals surface area contributed by atoms with E-state index in [4.69, 9.17) is 26.7 Å². The molecule has 0 saturated heterocycles. The lowest BCUT2D eigenvalue weighted by Gasteiger charge is -2.18. The number of hydrogen-bond acceptors (Lipinski definition) is 12. The number of azo groups is 1. The van der Waals surface area contributed by atoms with Crippen molar-refractivity contribution < 1.29 is 34.1 Å². The van der Waals surface area contributed by atoms with Crippen LogP contribution >= 0.6 is 0 Å². The fraction of sp³-hybridized carbons (Fsp3) is 0.321. The van der Waals surface area contributed by atoms with Crippen LogP contribution in [0.2, 0.25) is 0 Å². The van der Waals surface area contributed by atoms with Crippen molar-refractivity contribution in [2.45, 2.75) is 44.8 Å². The van der Waals surface area contributed by atoms with Crippen LogP contribution < -0.4 is 22.1 Å². The molecule has 2 rings (SSSR count). The first-order valence-electron chi connectivity index (χ1n) is 12.9. The number of rotatable bonds is 15. The maximum atomic E-state index is 12.7. The van der Waals surface area contributed by atoms with Crippen LogP contribution in [0.4, 0.5) is 11.4 Å². The summed E-state index contributed by atoms with van der Waals surface area (Å²) in [5.74, 6) is -3.73. The second-order valence-corrected chi connectivity index (χ2v) is 9.51. The van der Waals surface area contributed by atoms with E-state index in [-0.39, 0.29) is 37.4 Å². The standard InChI is InChI=1S/C28H35N7O7/c1-16(2)11-23(28(41)42-25(37)15-32-10-9-29)33-26(38)20(30)12-17-3-6-19(7-4-17)34-35-22-14-18(5-8-24(22)36)13-21(31)27(39)40/h3-9,11,14,20-21,23,29,32,36H,10,12-13,15,30-31H2,1-2H3,(H,33,38)(H,39,40)/t20-,21?,23-/m0/s1. The van der Waals surface area contributed by atoms with Crippen molar-refractivity contribution >= 4 is 41.4 Å². The molecule has 224 valence electrons. The maximum Gasteiger partial charge on any atom is 0.340 e. The highest BCUT2D eigenvalue weighted by Gasteiger charge is 2.25. The quantitative estimate of drug-likeness (QED) is 0.0398. The Morgan fingerprint density at radius 2 is 1.64 bits per heavy atom. The maximum absolute atomic E-state index is 12.7. The van der Waals surface area contributed by atoms with Crippen molar-refractivity contribution in [2.75, 3.05) is 13.1 Å². The molecule has 0 saturated carbocycles. The second kappa shape index (κ2) is 16.5. The first-order valence-corrected chi connectivity index (χ1v) is 12.9.